The lowest BCUT2D eigenvalue weighted by Gasteiger charge is -2.33. The highest BCUT2D eigenvalue weighted by molar-refractivity contribution is 5.80. The predicted molar refractivity (Wildman–Crippen MR) is 117 cm³/mol. The number of ether oxygens (including phenoxy) is 1. The van der Waals surface area contributed by atoms with Crippen molar-refractivity contribution >= 4 is 11.8 Å². The van der Waals surface area contributed by atoms with Gasteiger partial charge in [-0.25, -0.2) is 9.98 Å². The van der Waals surface area contributed by atoms with Gasteiger partial charge < -0.3 is 25.2 Å². The van der Waals surface area contributed by atoms with Gasteiger partial charge in [0.2, 0.25) is 0 Å². The third-order valence-corrected chi connectivity index (χ3v) is 6.07. The fraction of sp³-hybridized carbons (Fsp3) is 0.727. The Morgan fingerprint density at radius 3 is 2.79 bits per heavy atom. The number of nitrogens with zero attached hydrogens (tertiary/aromatic N) is 4. The van der Waals surface area contributed by atoms with Gasteiger partial charge in [0.05, 0.1) is 19.3 Å². The van der Waals surface area contributed by atoms with Gasteiger partial charge in [-0.2, -0.15) is 0 Å². The molecule has 3 fully saturated rings. The molecule has 3 aliphatic rings. The number of nitrogens with one attached hydrogen (secondary N) is 2. The van der Waals surface area contributed by atoms with Crippen molar-refractivity contribution in [2.75, 3.05) is 44.2 Å². The van der Waals surface area contributed by atoms with Gasteiger partial charge in [-0.1, -0.05) is 0 Å². The Morgan fingerprint density at radius 1 is 1.24 bits per heavy atom. The minimum atomic E-state index is 0.253. The average molecular weight is 401 g/mol. The van der Waals surface area contributed by atoms with Crippen LogP contribution in [0.2, 0.25) is 0 Å². The molecule has 1 aliphatic carbocycles. The summed E-state index contributed by atoms with van der Waals surface area (Å²) in [6, 6.07) is 5.63. The summed E-state index contributed by atoms with van der Waals surface area (Å²) < 4.78 is 5.65. The van der Waals surface area contributed by atoms with Crippen molar-refractivity contribution in [1.29, 1.82) is 0 Å². The molecule has 1 atom stereocenters. The Morgan fingerprint density at radius 2 is 2.07 bits per heavy atom. The standard InChI is InChI=1S/C22H36N6O/c1-3-23-22(26-19-7-10-27(11-8-19)20-4-5-20)25-15-18-6-9-24-21(14-18)28-12-13-29-17(2)16-28/h6,9,14,17,19-20H,3-5,7-8,10-13,15-16H2,1-2H3,(H2,23,25,26). The predicted octanol–water partition coefficient (Wildman–Crippen LogP) is 1.99. The van der Waals surface area contributed by atoms with Crippen LogP contribution in [0.3, 0.4) is 0 Å². The summed E-state index contributed by atoms with van der Waals surface area (Å²) in [4.78, 5) is 14.4. The van der Waals surface area contributed by atoms with Crippen molar-refractivity contribution in [3.8, 4) is 0 Å². The van der Waals surface area contributed by atoms with E-state index in [2.05, 4.69) is 51.4 Å². The van der Waals surface area contributed by atoms with Gasteiger partial charge in [-0.15, -0.1) is 0 Å². The summed E-state index contributed by atoms with van der Waals surface area (Å²) in [7, 11) is 0. The first kappa shape index (κ1) is 20.4. The van der Waals surface area contributed by atoms with Crippen LogP contribution >= 0.6 is 0 Å². The molecule has 160 valence electrons. The molecule has 0 spiro atoms. The van der Waals surface area contributed by atoms with Gasteiger partial charge in [-0.05, 0) is 57.2 Å². The van der Waals surface area contributed by atoms with Crippen LogP contribution in [0.1, 0.15) is 45.1 Å². The van der Waals surface area contributed by atoms with E-state index in [0.717, 1.165) is 44.1 Å². The lowest BCUT2D eigenvalue weighted by molar-refractivity contribution is 0.0529. The molecular formula is C22H36N6O. The maximum atomic E-state index is 5.65. The molecule has 2 N–H and O–H groups in total. The van der Waals surface area contributed by atoms with Crippen LogP contribution < -0.4 is 15.5 Å². The Balaban J connectivity index is 1.33. The highest BCUT2D eigenvalue weighted by Gasteiger charge is 2.31. The number of piperidine rings is 1. The molecule has 1 unspecified atom stereocenters. The Labute approximate surface area is 174 Å². The van der Waals surface area contributed by atoms with Crippen LogP contribution in [-0.4, -0.2) is 73.4 Å². The number of guanidine groups is 1. The molecule has 1 aromatic rings. The van der Waals surface area contributed by atoms with Crippen molar-refractivity contribution in [1.82, 2.24) is 20.5 Å². The fourth-order valence-electron chi connectivity index (χ4n) is 4.29. The van der Waals surface area contributed by atoms with Crippen molar-refractivity contribution in [3.05, 3.63) is 23.9 Å². The van der Waals surface area contributed by atoms with E-state index in [4.69, 9.17) is 9.73 Å². The molecule has 0 amide bonds. The summed E-state index contributed by atoms with van der Waals surface area (Å²) in [6.07, 6.45) is 7.36. The lowest BCUT2D eigenvalue weighted by atomic mass is 10.1. The van der Waals surface area contributed by atoms with E-state index < -0.39 is 0 Å². The molecule has 7 nitrogen and oxygen atoms in total. The van der Waals surface area contributed by atoms with Gasteiger partial charge in [-0.3, -0.25) is 0 Å². The SMILES string of the molecule is CCNC(=NCc1ccnc(N2CCOC(C)C2)c1)NC1CCN(C2CC2)CC1. The molecular weight excluding hydrogens is 364 g/mol. The number of aromatic nitrogens is 1. The van der Waals surface area contributed by atoms with E-state index in [1.807, 2.05) is 6.20 Å². The van der Waals surface area contributed by atoms with Crippen LogP contribution in [0.4, 0.5) is 5.82 Å². The first-order valence-corrected chi connectivity index (χ1v) is 11.3. The van der Waals surface area contributed by atoms with Gasteiger partial charge in [0.25, 0.3) is 0 Å². The van der Waals surface area contributed by atoms with Gasteiger partial charge >= 0.3 is 0 Å². The van der Waals surface area contributed by atoms with Crippen LogP contribution in [-0.2, 0) is 11.3 Å². The number of hydrogen-bond donors (Lipinski definition) is 2. The second-order valence-electron chi connectivity index (χ2n) is 8.53. The second kappa shape index (κ2) is 9.76. The van der Waals surface area contributed by atoms with Crippen molar-refractivity contribution in [2.45, 2.75) is 64.3 Å². The zero-order valence-electron chi connectivity index (χ0n) is 17.9. The number of aliphatic imine (C=N–C) groups is 1. The largest absolute Gasteiger partial charge is 0.375 e. The molecule has 4 rings (SSSR count). The highest BCUT2D eigenvalue weighted by Crippen LogP contribution is 2.29. The number of hydrogen-bond acceptors (Lipinski definition) is 5. The summed E-state index contributed by atoms with van der Waals surface area (Å²) >= 11 is 0. The summed E-state index contributed by atoms with van der Waals surface area (Å²) in [5.41, 5.74) is 1.19. The van der Waals surface area contributed by atoms with Gasteiger partial charge in [0, 0.05) is 51.0 Å². The van der Waals surface area contributed by atoms with E-state index in [9.17, 15) is 0 Å². The molecule has 1 aromatic heterocycles. The molecule has 29 heavy (non-hydrogen) atoms. The van der Waals surface area contributed by atoms with E-state index in [1.54, 1.807) is 0 Å². The number of likely N-dealkylation sites (tertiary alicyclic amines) is 1. The molecule has 1 saturated carbocycles. The minimum absolute atomic E-state index is 0.253. The van der Waals surface area contributed by atoms with E-state index >= 15 is 0 Å². The number of anilines is 1. The molecule has 0 radical (unpaired) electrons. The smallest absolute Gasteiger partial charge is 0.191 e. The molecule has 7 heteroatoms. The normalized spacial score (nSPS) is 24.6. The highest BCUT2D eigenvalue weighted by atomic mass is 16.5. The van der Waals surface area contributed by atoms with Crippen LogP contribution in [0.5, 0.6) is 0 Å². The second-order valence-corrected chi connectivity index (χ2v) is 8.53. The maximum absolute atomic E-state index is 5.65. The zero-order valence-corrected chi connectivity index (χ0v) is 17.9. The first-order valence-electron chi connectivity index (χ1n) is 11.3. The van der Waals surface area contributed by atoms with Crippen molar-refractivity contribution in [2.24, 2.45) is 4.99 Å². The number of morpholine rings is 1. The van der Waals surface area contributed by atoms with Gasteiger partial charge in [0.15, 0.2) is 5.96 Å². The molecule has 2 saturated heterocycles. The van der Waals surface area contributed by atoms with Crippen molar-refractivity contribution < 1.29 is 4.74 Å². The van der Waals surface area contributed by atoms with Crippen LogP contribution in [0.25, 0.3) is 0 Å². The quantitative estimate of drug-likeness (QED) is 0.562. The molecule has 0 aromatic carbocycles. The van der Waals surface area contributed by atoms with E-state index in [0.29, 0.717) is 12.6 Å². The van der Waals surface area contributed by atoms with Gasteiger partial charge in [0.1, 0.15) is 5.82 Å². The first-order chi connectivity index (χ1) is 14.2. The Hall–Kier alpha value is -1.86. The zero-order chi connectivity index (χ0) is 20.1. The summed E-state index contributed by atoms with van der Waals surface area (Å²) in [6.45, 7) is 10.8. The van der Waals surface area contributed by atoms with E-state index in [-0.39, 0.29) is 6.10 Å². The average Bonchev–Trinajstić information content (AvgIpc) is 3.58. The fourth-order valence-corrected chi connectivity index (χ4v) is 4.29. The number of rotatable bonds is 6. The maximum Gasteiger partial charge on any atom is 0.191 e. The Kier molecular flexibility index (Phi) is 6.87. The van der Waals surface area contributed by atoms with E-state index in [1.165, 1.54) is 44.3 Å². The molecule has 0 bridgehead atoms. The minimum Gasteiger partial charge on any atom is -0.375 e. The third-order valence-electron chi connectivity index (χ3n) is 6.07. The van der Waals surface area contributed by atoms with Crippen molar-refractivity contribution in [3.63, 3.8) is 0 Å². The summed E-state index contributed by atoms with van der Waals surface area (Å²) in [5, 5.41) is 7.07. The monoisotopic (exact) mass is 400 g/mol. The van der Waals surface area contributed by atoms with Crippen LogP contribution in [0, 0.1) is 0 Å². The Bertz CT molecular complexity index is 684. The number of pyridine rings is 1. The summed E-state index contributed by atoms with van der Waals surface area (Å²) in [5.74, 6) is 1.95. The lowest BCUT2D eigenvalue weighted by Crippen LogP contribution is -2.49. The molecule has 3 heterocycles. The van der Waals surface area contributed by atoms with Crippen LogP contribution in [0.15, 0.2) is 23.3 Å². The third kappa shape index (κ3) is 5.82. The topological polar surface area (TPSA) is 65.0 Å². The molecule has 2 aliphatic heterocycles.